The van der Waals surface area contributed by atoms with Crippen molar-refractivity contribution in [1.82, 2.24) is 4.90 Å². The molecule has 1 aliphatic heterocycles. The molecule has 0 aliphatic carbocycles. The van der Waals surface area contributed by atoms with Crippen LogP contribution in [0, 0.1) is 0 Å². The summed E-state index contributed by atoms with van der Waals surface area (Å²) in [4.78, 5) is 14.1. The molecule has 0 bridgehead atoms. The number of nitrogens with two attached hydrogens (primary N) is 1. The lowest BCUT2D eigenvalue weighted by Crippen LogP contribution is -2.47. The molecule has 0 radical (unpaired) electrons. The number of piperidine rings is 1. The van der Waals surface area contributed by atoms with Crippen molar-refractivity contribution in [3.05, 3.63) is 24.3 Å². The first-order chi connectivity index (χ1) is 9.60. The van der Waals surface area contributed by atoms with Crippen molar-refractivity contribution in [2.24, 2.45) is 5.73 Å². The molecule has 1 aliphatic rings. The molecular weight excluding hydrogens is 256 g/mol. The first kappa shape index (κ1) is 14.7. The lowest BCUT2D eigenvalue weighted by atomic mass is 10.1. The van der Waals surface area contributed by atoms with Crippen molar-refractivity contribution in [3.63, 3.8) is 0 Å². The van der Waals surface area contributed by atoms with Crippen LogP contribution in [-0.2, 0) is 4.79 Å². The summed E-state index contributed by atoms with van der Waals surface area (Å²) < 4.78 is 10.8. The van der Waals surface area contributed by atoms with E-state index in [2.05, 4.69) is 0 Å². The van der Waals surface area contributed by atoms with E-state index in [1.807, 2.05) is 23.1 Å². The lowest BCUT2D eigenvalue weighted by Gasteiger charge is -2.32. The average molecular weight is 278 g/mol. The average Bonchev–Trinajstić information content (AvgIpc) is 2.47. The molecule has 1 saturated heterocycles. The SMILES string of the molecule is COc1cccc(OC(C)C(=O)N2CCC(N)CC2)c1. The number of likely N-dealkylation sites (tertiary alicyclic amines) is 1. The van der Waals surface area contributed by atoms with E-state index in [1.54, 1.807) is 20.1 Å². The van der Waals surface area contributed by atoms with Crippen LogP contribution in [0.5, 0.6) is 11.5 Å². The number of carbonyl (C=O) groups excluding carboxylic acids is 1. The smallest absolute Gasteiger partial charge is 0.263 e. The standard InChI is InChI=1S/C15H22N2O3/c1-11(15(18)17-8-6-12(16)7-9-17)20-14-5-3-4-13(10-14)19-2/h3-5,10-12H,6-9,16H2,1-2H3. The van der Waals surface area contributed by atoms with Crippen LogP contribution in [0.1, 0.15) is 19.8 Å². The van der Waals surface area contributed by atoms with Crippen molar-refractivity contribution in [3.8, 4) is 11.5 Å². The van der Waals surface area contributed by atoms with E-state index in [4.69, 9.17) is 15.2 Å². The fraction of sp³-hybridized carbons (Fsp3) is 0.533. The Morgan fingerprint density at radius 3 is 2.65 bits per heavy atom. The predicted molar refractivity (Wildman–Crippen MR) is 76.9 cm³/mol. The van der Waals surface area contributed by atoms with Crippen LogP contribution in [0.4, 0.5) is 0 Å². The summed E-state index contributed by atoms with van der Waals surface area (Å²) in [6.45, 7) is 3.20. The molecule has 2 rings (SSSR count). The molecule has 0 saturated carbocycles. The summed E-state index contributed by atoms with van der Waals surface area (Å²) in [6.07, 6.45) is 1.21. The Bertz CT molecular complexity index is 456. The van der Waals surface area contributed by atoms with Crippen molar-refractivity contribution in [1.29, 1.82) is 0 Å². The summed E-state index contributed by atoms with van der Waals surface area (Å²) in [5, 5.41) is 0. The van der Waals surface area contributed by atoms with Crippen LogP contribution in [0.25, 0.3) is 0 Å². The molecule has 5 heteroatoms. The third-order valence-electron chi connectivity index (χ3n) is 3.55. The first-order valence-electron chi connectivity index (χ1n) is 6.95. The van der Waals surface area contributed by atoms with Crippen LogP contribution >= 0.6 is 0 Å². The Labute approximate surface area is 119 Å². The minimum atomic E-state index is -0.503. The van der Waals surface area contributed by atoms with Gasteiger partial charge in [0.2, 0.25) is 0 Å². The number of hydrogen-bond acceptors (Lipinski definition) is 4. The largest absolute Gasteiger partial charge is 0.497 e. The van der Waals surface area contributed by atoms with Crippen molar-refractivity contribution in [2.75, 3.05) is 20.2 Å². The molecule has 1 amide bonds. The number of benzene rings is 1. The van der Waals surface area contributed by atoms with Gasteiger partial charge in [0.05, 0.1) is 7.11 Å². The van der Waals surface area contributed by atoms with E-state index in [1.165, 1.54) is 0 Å². The third-order valence-corrected chi connectivity index (χ3v) is 3.55. The van der Waals surface area contributed by atoms with Gasteiger partial charge >= 0.3 is 0 Å². The van der Waals surface area contributed by atoms with Gasteiger partial charge < -0.3 is 20.1 Å². The molecule has 1 unspecified atom stereocenters. The quantitative estimate of drug-likeness (QED) is 0.904. The molecule has 5 nitrogen and oxygen atoms in total. The second-order valence-corrected chi connectivity index (χ2v) is 5.10. The zero-order valence-electron chi connectivity index (χ0n) is 12.0. The minimum absolute atomic E-state index is 0.0136. The highest BCUT2D eigenvalue weighted by Crippen LogP contribution is 2.20. The van der Waals surface area contributed by atoms with Crippen LogP contribution in [0.2, 0.25) is 0 Å². The Balaban J connectivity index is 1.93. The van der Waals surface area contributed by atoms with Gasteiger partial charge in [-0.25, -0.2) is 0 Å². The molecule has 0 aromatic heterocycles. The maximum absolute atomic E-state index is 12.3. The maximum atomic E-state index is 12.3. The van der Waals surface area contributed by atoms with E-state index in [-0.39, 0.29) is 11.9 Å². The second-order valence-electron chi connectivity index (χ2n) is 5.10. The summed E-state index contributed by atoms with van der Waals surface area (Å²) >= 11 is 0. The van der Waals surface area contributed by atoms with Gasteiger partial charge in [-0.1, -0.05) is 6.07 Å². The van der Waals surface area contributed by atoms with E-state index in [0.717, 1.165) is 12.8 Å². The second kappa shape index (κ2) is 6.61. The van der Waals surface area contributed by atoms with Crippen LogP contribution in [0.15, 0.2) is 24.3 Å². The first-order valence-corrected chi connectivity index (χ1v) is 6.95. The molecule has 110 valence electrons. The zero-order chi connectivity index (χ0) is 14.5. The highest BCUT2D eigenvalue weighted by atomic mass is 16.5. The molecular formula is C15H22N2O3. The van der Waals surface area contributed by atoms with Gasteiger partial charge in [0.15, 0.2) is 6.10 Å². The van der Waals surface area contributed by atoms with Crippen molar-refractivity contribution < 1.29 is 14.3 Å². The van der Waals surface area contributed by atoms with Crippen molar-refractivity contribution in [2.45, 2.75) is 31.9 Å². The zero-order valence-corrected chi connectivity index (χ0v) is 12.0. The molecule has 0 spiro atoms. The normalized spacial score (nSPS) is 17.6. The molecule has 20 heavy (non-hydrogen) atoms. The maximum Gasteiger partial charge on any atom is 0.263 e. The van der Waals surface area contributed by atoms with Crippen LogP contribution in [0.3, 0.4) is 0 Å². The number of ether oxygens (including phenoxy) is 2. The third kappa shape index (κ3) is 3.63. The van der Waals surface area contributed by atoms with E-state index in [9.17, 15) is 4.79 Å². The van der Waals surface area contributed by atoms with E-state index in [0.29, 0.717) is 24.6 Å². The van der Waals surface area contributed by atoms with Crippen LogP contribution < -0.4 is 15.2 Å². The van der Waals surface area contributed by atoms with E-state index >= 15 is 0 Å². The number of amides is 1. The van der Waals surface area contributed by atoms with Gasteiger partial charge in [0.25, 0.3) is 5.91 Å². The number of methoxy groups -OCH3 is 1. The van der Waals surface area contributed by atoms with Gasteiger partial charge in [-0.15, -0.1) is 0 Å². The highest BCUT2D eigenvalue weighted by molar-refractivity contribution is 5.81. The van der Waals surface area contributed by atoms with Gasteiger partial charge in [0.1, 0.15) is 11.5 Å². The Kier molecular flexibility index (Phi) is 4.84. The number of hydrogen-bond donors (Lipinski definition) is 1. The monoisotopic (exact) mass is 278 g/mol. The minimum Gasteiger partial charge on any atom is -0.497 e. The van der Waals surface area contributed by atoms with Gasteiger partial charge in [-0.05, 0) is 31.9 Å². The van der Waals surface area contributed by atoms with Crippen molar-refractivity contribution >= 4 is 5.91 Å². The summed E-state index contributed by atoms with van der Waals surface area (Å²) in [6, 6.07) is 7.49. The highest BCUT2D eigenvalue weighted by Gasteiger charge is 2.25. The number of carbonyl (C=O) groups is 1. The molecule has 1 aromatic carbocycles. The Morgan fingerprint density at radius 1 is 1.35 bits per heavy atom. The fourth-order valence-electron chi connectivity index (χ4n) is 2.31. The van der Waals surface area contributed by atoms with Crippen LogP contribution in [-0.4, -0.2) is 43.2 Å². The summed E-state index contributed by atoms with van der Waals surface area (Å²) in [7, 11) is 1.60. The summed E-state index contributed by atoms with van der Waals surface area (Å²) in [5.41, 5.74) is 5.85. The van der Waals surface area contributed by atoms with Gasteiger partial charge in [0, 0.05) is 25.2 Å². The molecule has 2 N–H and O–H groups in total. The molecule has 1 atom stereocenters. The fourth-order valence-corrected chi connectivity index (χ4v) is 2.31. The predicted octanol–water partition coefficient (Wildman–Crippen LogP) is 1.41. The molecule has 1 aromatic rings. The topological polar surface area (TPSA) is 64.8 Å². The Morgan fingerprint density at radius 2 is 2.00 bits per heavy atom. The molecule has 1 fully saturated rings. The van der Waals surface area contributed by atoms with E-state index < -0.39 is 6.10 Å². The number of rotatable bonds is 4. The molecule has 1 heterocycles. The van der Waals surface area contributed by atoms with Gasteiger partial charge in [-0.2, -0.15) is 0 Å². The summed E-state index contributed by atoms with van der Waals surface area (Å²) in [5.74, 6) is 1.37. The van der Waals surface area contributed by atoms with Gasteiger partial charge in [-0.3, -0.25) is 4.79 Å². The number of nitrogens with zero attached hydrogens (tertiary/aromatic N) is 1. The lowest BCUT2D eigenvalue weighted by molar-refractivity contribution is -0.139. The Hall–Kier alpha value is -1.75.